The van der Waals surface area contributed by atoms with Crippen molar-refractivity contribution in [3.05, 3.63) is 57.0 Å². The van der Waals surface area contributed by atoms with E-state index in [2.05, 4.69) is 16.8 Å². The van der Waals surface area contributed by atoms with Gasteiger partial charge in [0.25, 0.3) is 5.56 Å². The third kappa shape index (κ3) is 3.74. The maximum absolute atomic E-state index is 13.9. The summed E-state index contributed by atoms with van der Waals surface area (Å²) >= 11 is 0. The van der Waals surface area contributed by atoms with Gasteiger partial charge in [-0.25, -0.2) is 13.8 Å². The first kappa shape index (κ1) is 18.1. The normalized spacial score (nSPS) is 20.6. The lowest BCUT2D eigenvalue weighted by Gasteiger charge is -2.33. The molecule has 0 spiro atoms. The number of halogens is 2. The Morgan fingerprint density at radius 2 is 2.04 bits per heavy atom. The fourth-order valence-electron chi connectivity index (χ4n) is 4.04. The molecular weight excluding hydrogens is 350 g/mol. The molecule has 0 unspecified atom stereocenters. The van der Waals surface area contributed by atoms with Crippen LogP contribution in [-0.4, -0.2) is 34.5 Å². The quantitative estimate of drug-likeness (QED) is 0.898. The molecule has 1 N–H and O–H groups in total. The van der Waals surface area contributed by atoms with Crippen molar-refractivity contribution in [1.29, 1.82) is 0 Å². The third-order valence-electron chi connectivity index (χ3n) is 5.54. The van der Waals surface area contributed by atoms with E-state index in [-0.39, 0.29) is 17.7 Å². The summed E-state index contributed by atoms with van der Waals surface area (Å²) in [5.41, 5.74) is 1.31. The molecule has 5 nitrogen and oxygen atoms in total. The van der Waals surface area contributed by atoms with Gasteiger partial charge in [0.05, 0.1) is 11.3 Å². The minimum absolute atomic E-state index is 0.0456. The topological polar surface area (TPSA) is 52.2 Å². The highest BCUT2D eigenvalue weighted by molar-refractivity contribution is 5.35. The molecule has 4 rings (SSSR count). The van der Waals surface area contributed by atoms with Crippen molar-refractivity contribution in [2.75, 3.05) is 24.5 Å². The molecule has 0 saturated carbocycles. The van der Waals surface area contributed by atoms with E-state index in [0.717, 1.165) is 25.2 Å². The fourth-order valence-corrected chi connectivity index (χ4v) is 4.04. The van der Waals surface area contributed by atoms with Crippen molar-refractivity contribution in [1.82, 2.24) is 14.9 Å². The zero-order valence-corrected chi connectivity index (χ0v) is 15.5. The number of hydrogen-bond acceptors (Lipinski definition) is 4. The predicted molar refractivity (Wildman–Crippen MR) is 99.6 cm³/mol. The Morgan fingerprint density at radius 1 is 1.26 bits per heavy atom. The number of piperidine rings is 1. The molecule has 1 aromatic heterocycles. The van der Waals surface area contributed by atoms with Crippen molar-refractivity contribution in [2.45, 2.75) is 39.3 Å². The Hall–Kier alpha value is -2.28. The van der Waals surface area contributed by atoms with E-state index in [1.807, 2.05) is 4.90 Å². The maximum atomic E-state index is 13.9. The highest BCUT2D eigenvalue weighted by atomic mass is 19.1. The van der Waals surface area contributed by atoms with Crippen LogP contribution in [0.1, 0.15) is 36.6 Å². The van der Waals surface area contributed by atoms with Crippen LogP contribution in [0.15, 0.2) is 23.0 Å². The molecule has 2 aromatic rings. The van der Waals surface area contributed by atoms with Gasteiger partial charge in [0, 0.05) is 44.7 Å². The molecule has 1 atom stereocenters. The highest BCUT2D eigenvalue weighted by Crippen LogP contribution is 2.23. The van der Waals surface area contributed by atoms with E-state index in [1.54, 1.807) is 0 Å². The first-order valence-electron chi connectivity index (χ1n) is 9.53. The van der Waals surface area contributed by atoms with Crippen LogP contribution in [0.4, 0.5) is 14.7 Å². The summed E-state index contributed by atoms with van der Waals surface area (Å²) in [7, 11) is 0. The van der Waals surface area contributed by atoms with Crippen molar-refractivity contribution in [3.63, 3.8) is 0 Å². The Morgan fingerprint density at radius 3 is 2.78 bits per heavy atom. The summed E-state index contributed by atoms with van der Waals surface area (Å²) in [4.78, 5) is 24.3. The number of rotatable bonds is 3. The Labute approximate surface area is 157 Å². The molecular formula is C20H24F2N4O. The number of aromatic nitrogens is 2. The first-order valence-corrected chi connectivity index (χ1v) is 9.53. The molecule has 0 radical (unpaired) electrons. The second-order valence-corrected chi connectivity index (χ2v) is 7.67. The van der Waals surface area contributed by atoms with E-state index in [0.29, 0.717) is 36.9 Å². The van der Waals surface area contributed by atoms with Crippen LogP contribution in [-0.2, 0) is 19.5 Å². The van der Waals surface area contributed by atoms with Gasteiger partial charge in [-0.15, -0.1) is 0 Å². The zero-order chi connectivity index (χ0) is 19.0. The summed E-state index contributed by atoms with van der Waals surface area (Å²) in [6, 6.07) is 3.88. The van der Waals surface area contributed by atoms with Crippen LogP contribution in [0.2, 0.25) is 0 Å². The van der Waals surface area contributed by atoms with Gasteiger partial charge in [-0.05, 0) is 30.9 Å². The monoisotopic (exact) mass is 374 g/mol. The third-order valence-corrected chi connectivity index (χ3v) is 5.54. The van der Waals surface area contributed by atoms with Crippen molar-refractivity contribution in [3.8, 4) is 0 Å². The lowest BCUT2D eigenvalue weighted by atomic mass is 10.0. The van der Waals surface area contributed by atoms with Crippen LogP contribution < -0.4 is 10.5 Å². The molecule has 7 heteroatoms. The SMILES string of the molecule is C[C@@H]1CCCN(c2nc3c(c(=O)[nH]2)CN(Cc2c(F)cccc2F)CC3)C1. The van der Waals surface area contributed by atoms with Gasteiger partial charge in [0.15, 0.2) is 0 Å². The van der Waals surface area contributed by atoms with Gasteiger partial charge in [-0.2, -0.15) is 0 Å². The first-order chi connectivity index (χ1) is 13.0. The number of benzene rings is 1. The smallest absolute Gasteiger partial charge is 0.257 e. The minimum atomic E-state index is -0.553. The molecule has 27 heavy (non-hydrogen) atoms. The second kappa shape index (κ2) is 7.38. The summed E-state index contributed by atoms with van der Waals surface area (Å²) in [6.45, 7) is 5.13. The summed E-state index contributed by atoms with van der Waals surface area (Å²) in [6.07, 6.45) is 2.91. The molecule has 0 amide bonds. The fraction of sp³-hybridized carbons (Fsp3) is 0.500. The van der Waals surface area contributed by atoms with E-state index < -0.39 is 11.6 Å². The van der Waals surface area contributed by atoms with Crippen LogP contribution >= 0.6 is 0 Å². The van der Waals surface area contributed by atoms with Gasteiger partial charge in [0.2, 0.25) is 5.95 Å². The van der Waals surface area contributed by atoms with Crippen LogP contribution in [0.25, 0.3) is 0 Å². The molecule has 1 aromatic carbocycles. The summed E-state index contributed by atoms with van der Waals surface area (Å²) in [5, 5.41) is 0. The number of fused-ring (bicyclic) bond motifs is 1. The summed E-state index contributed by atoms with van der Waals surface area (Å²) < 4.78 is 27.8. The van der Waals surface area contributed by atoms with Crippen molar-refractivity contribution in [2.24, 2.45) is 5.92 Å². The van der Waals surface area contributed by atoms with Crippen LogP contribution in [0.3, 0.4) is 0 Å². The maximum Gasteiger partial charge on any atom is 0.257 e. The molecule has 1 fully saturated rings. The minimum Gasteiger partial charge on any atom is -0.342 e. The molecule has 0 aliphatic carbocycles. The van der Waals surface area contributed by atoms with E-state index in [1.165, 1.54) is 24.6 Å². The second-order valence-electron chi connectivity index (χ2n) is 7.67. The number of hydrogen-bond donors (Lipinski definition) is 1. The average molecular weight is 374 g/mol. The Bertz CT molecular complexity index is 878. The van der Waals surface area contributed by atoms with Crippen LogP contribution in [0.5, 0.6) is 0 Å². The van der Waals surface area contributed by atoms with Gasteiger partial charge < -0.3 is 4.90 Å². The largest absolute Gasteiger partial charge is 0.342 e. The van der Waals surface area contributed by atoms with E-state index >= 15 is 0 Å². The Kier molecular flexibility index (Phi) is 4.95. The number of H-pyrrole nitrogens is 1. The number of nitrogens with one attached hydrogen (secondary N) is 1. The van der Waals surface area contributed by atoms with Crippen molar-refractivity contribution >= 4 is 5.95 Å². The number of anilines is 1. The van der Waals surface area contributed by atoms with Gasteiger partial charge >= 0.3 is 0 Å². The molecule has 2 aliphatic rings. The van der Waals surface area contributed by atoms with Crippen LogP contribution in [0, 0.1) is 17.6 Å². The highest BCUT2D eigenvalue weighted by Gasteiger charge is 2.25. The average Bonchev–Trinajstić information content (AvgIpc) is 2.65. The summed E-state index contributed by atoms with van der Waals surface area (Å²) in [5.74, 6) is 0.134. The van der Waals surface area contributed by atoms with Gasteiger partial charge in [-0.1, -0.05) is 13.0 Å². The molecule has 144 valence electrons. The molecule has 2 aliphatic heterocycles. The van der Waals surface area contributed by atoms with Gasteiger partial charge in [0.1, 0.15) is 11.6 Å². The lowest BCUT2D eigenvalue weighted by Crippen LogP contribution is -2.40. The molecule has 3 heterocycles. The van der Waals surface area contributed by atoms with Crippen molar-refractivity contribution < 1.29 is 8.78 Å². The van der Waals surface area contributed by atoms with E-state index in [9.17, 15) is 13.6 Å². The Balaban J connectivity index is 1.54. The number of aromatic amines is 1. The lowest BCUT2D eigenvalue weighted by molar-refractivity contribution is 0.235. The zero-order valence-electron chi connectivity index (χ0n) is 15.5. The molecule has 1 saturated heterocycles. The van der Waals surface area contributed by atoms with E-state index in [4.69, 9.17) is 4.98 Å². The predicted octanol–water partition coefficient (Wildman–Crippen LogP) is 2.84. The standard InChI is InChI=1S/C20H24F2N4O/c1-13-4-3-8-26(10-13)20-23-18-7-9-25(12-15(18)19(27)24-20)11-14-16(21)5-2-6-17(14)22/h2,5-6,13H,3-4,7-12H2,1H3,(H,23,24,27)/t13-/m1/s1. The number of nitrogens with zero attached hydrogens (tertiary/aromatic N) is 3. The molecule has 0 bridgehead atoms. The van der Waals surface area contributed by atoms with Gasteiger partial charge in [-0.3, -0.25) is 14.7 Å².